The average molecular weight is 434 g/mol. The number of nitrogens with zero attached hydrogens (tertiary/aromatic N) is 1. The van der Waals surface area contributed by atoms with Gasteiger partial charge in [-0.05, 0) is 47.7 Å². The van der Waals surface area contributed by atoms with Crippen LogP contribution in [0.5, 0.6) is 0 Å². The van der Waals surface area contributed by atoms with Crippen LogP contribution in [0.25, 0.3) is 10.8 Å². The molecule has 0 aliphatic carbocycles. The van der Waals surface area contributed by atoms with E-state index in [4.69, 9.17) is 9.15 Å². The quantitative estimate of drug-likeness (QED) is 0.577. The molecule has 166 valence electrons. The molecular weight excluding hydrogens is 408 g/mol. The van der Waals surface area contributed by atoms with Gasteiger partial charge in [0, 0.05) is 13.1 Å². The van der Waals surface area contributed by atoms with Gasteiger partial charge in [-0.25, -0.2) is 0 Å². The van der Waals surface area contributed by atoms with Crippen molar-refractivity contribution in [1.82, 2.24) is 10.2 Å². The van der Waals surface area contributed by atoms with Crippen LogP contribution in [0.15, 0.2) is 65.3 Å². The van der Waals surface area contributed by atoms with E-state index in [1.54, 1.807) is 12.1 Å². The molecule has 2 aromatic carbocycles. The first-order valence-electron chi connectivity index (χ1n) is 10.7. The average Bonchev–Trinajstić information content (AvgIpc) is 3.53. The van der Waals surface area contributed by atoms with Crippen LogP contribution in [0, 0.1) is 5.92 Å². The molecule has 0 saturated carbocycles. The Hall–Kier alpha value is -3.61. The van der Waals surface area contributed by atoms with Gasteiger partial charge in [0.2, 0.25) is 5.91 Å². The zero-order valence-electron chi connectivity index (χ0n) is 18.0. The second-order valence-electron chi connectivity index (χ2n) is 7.98. The zero-order chi connectivity index (χ0) is 22.5. The van der Waals surface area contributed by atoms with Gasteiger partial charge in [-0.1, -0.05) is 42.5 Å². The van der Waals surface area contributed by atoms with E-state index in [0.29, 0.717) is 19.4 Å². The number of nitrogens with one attached hydrogen (secondary N) is 1. The number of carbonyl (C=O) groups excluding carboxylic acids is 3. The third kappa shape index (κ3) is 4.66. The number of carbonyl (C=O) groups is 3. The molecule has 2 atom stereocenters. The number of fused-ring (bicyclic) bond motifs is 1. The molecule has 1 fully saturated rings. The summed E-state index contributed by atoms with van der Waals surface area (Å²) in [6.45, 7) is 0.632. The highest BCUT2D eigenvalue weighted by molar-refractivity contribution is 5.96. The first kappa shape index (κ1) is 21.6. The molecule has 1 aromatic heterocycles. The SMILES string of the molecule is COC(=O)C(CNC(=O)C1CCCN1C(=O)c1ccco1)Cc1ccc2ccccc2c1. The van der Waals surface area contributed by atoms with E-state index in [1.165, 1.54) is 18.3 Å². The second kappa shape index (κ2) is 9.68. The fourth-order valence-corrected chi connectivity index (χ4v) is 4.22. The van der Waals surface area contributed by atoms with Gasteiger partial charge in [0.05, 0.1) is 19.3 Å². The lowest BCUT2D eigenvalue weighted by molar-refractivity contribution is -0.145. The minimum atomic E-state index is -0.577. The summed E-state index contributed by atoms with van der Waals surface area (Å²) < 4.78 is 10.2. The van der Waals surface area contributed by atoms with Gasteiger partial charge in [0.15, 0.2) is 5.76 Å². The normalized spacial score (nSPS) is 16.7. The second-order valence-corrected chi connectivity index (χ2v) is 7.98. The molecule has 7 nitrogen and oxygen atoms in total. The maximum Gasteiger partial charge on any atom is 0.310 e. The summed E-state index contributed by atoms with van der Waals surface area (Å²) in [5, 5.41) is 5.08. The smallest absolute Gasteiger partial charge is 0.310 e. The highest BCUT2D eigenvalue weighted by Gasteiger charge is 2.36. The van der Waals surface area contributed by atoms with Crippen molar-refractivity contribution < 1.29 is 23.5 Å². The van der Waals surface area contributed by atoms with Gasteiger partial charge >= 0.3 is 5.97 Å². The Morgan fingerprint density at radius 3 is 2.69 bits per heavy atom. The summed E-state index contributed by atoms with van der Waals surface area (Å²) >= 11 is 0. The van der Waals surface area contributed by atoms with Crippen molar-refractivity contribution in [2.75, 3.05) is 20.2 Å². The first-order chi connectivity index (χ1) is 15.6. The molecule has 2 amide bonds. The summed E-state index contributed by atoms with van der Waals surface area (Å²) in [4.78, 5) is 39.5. The molecular formula is C25H26N2O5. The van der Waals surface area contributed by atoms with Crippen molar-refractivity contribution >= 4 is 28.6 Å². The number of benzene rings is 2. The predicted octanol–water partition coefficient (Wildman–Crippen LogP) is 3.19. The van der Waals surface area contributed by atoms with E-state index in [-0.39, 0.29) is 30.1 Å². The molecule has 2 heterocycles. The van der Waals surface area contributed by atoms with Crippen LogP contribution in [0.3, 0.4) is 0 Å². The molecule has 3 aromatic rings. The van der Waals surface area contributed by atoms with Crippen LogP contribution in [0.4, 0.5) is 0 Å². The Labute approximate surface area is 186 Å². The molecule has 32 heavy (non-hydrogen) atoms. The van der Waals surface area contributed by atoms with Crippen LogP contribution >= 0.6 is 0 Å². The number of likely N-dealkylation sites (tertiary alicyclic amines) is 1. The topological polar surface area (TPSA) is 88.9 Å². The molecule has 1 aliphatic heterocycles. The van der Waals surface area contributed by atoms with Crippen LogP contribution in [0.1, 0.15) is 29.0 Å². The largest absolute Gasteiger partial charge is 0.469 e. The number of hydrogen-bond acceptors (Lipinski definition) is 5. The van der Waals surface area contributed by atoms with Crippen molar-refractivity contribution in [3.63, 3.8) is 0 Å². The number of furan rings is 1. The van der Waals surface area contributed by atoms with Crippen molar-refractivity contribution in [3.05, 3.63) is 72.2 Å². The van der Waals surface area contributed by atoms with Crippen LogP contribution < -0.4 is 5.32 Å². The predicted molar refractivity (Wildman–Crippen MR) is 119 cm³/mol. The monoisotopic (exact) mass is 434 g/mol. The van der Waals surface area contributed by atoms with E-state index in [9.17, 15) is 14.4 Å². The summed E-state index contributed by atoms with van der Waals surface area (Å²) in [6, 6.07) is 16.7. The van der Waals surface area contributed by atoms with Gasteiger partial charge in [0.25, 0.3) is 5.91 Å². The van der Waals surface area contributed by atoms with Gasteiger partial charge in [-0.15, -0.1) is 0 Å². The van der Waals surface area contributed by atoms with E-state index in [2.05, 4.69) is 5.32 Å². The number of esters is 1. The lowest BCUT2D eigenvalue weighted by Gasteiger charge is -2.24. The van der Waals surface area contributed by atoms with E-state index in [1.807, 2.05) is 42.5 Å². The van der Waals surface area contributed by atoms with Crippen molar-refractivity contribution in [2.45, 2.75) is 25.3 Å². The fraction of sp³-hybridized carbons (Fsp3) is 0.320. The Bertz CT molecular complexity index is 1110. The molecule has 0 spiro atoms. The standard InChI is InChI=1S/C25H26N2O5/c1-31-25(30)20(15-17-10-11-18-6-2-3-7-19(18)14-17)16-26-23(28)21-8-4-12-27(21)24(29)22-9-5-13-32-22/h2-3,5-7,9-11,13-14,20-21H,4,8,12,15-16H2,1H3,(H,26,28). The Balaban J connectivity index is 1.42. The third-order valence-corrected chi connectivity index (χ3v) is 5.90. The minimum Gasteiger partial charge on any atom is -0.469 e. The molecule has 7 heteroatoms. The molecule has 0 bridgehead atoms. The highest BCUT2D eigenvalue weighted by Crippen LogP contribution is 2.22. The minimum absolute atomic E-state index is 0.137. The molecule has 4 rings (SSSR count). The number of methoxy groups -OCH3 is 1. The van der Waals surface area contributed by atoms with Gasteiger partial charge in [-0.2, -0.15) is 0 Å². The molecule has 1 saturated heterocycles. The van der Waals surface area contributed by atoms with Crippen molar-refractivity contribution in [2.24, 2.45) is 5.92 Å². The van der Waals surface area contributed by atoms with Crippen LogP contribution in [0.2, 0.25) is 0 Å². The van der Waals surface area contributed by atoms with Crippen LogP contribution in [-0.4, -0.2) is 48.9 Å². The number of amides is 2. The maximum atomic E-state index is 12.9. The van der Waals surface area contributed by atoms with Crippen molar-refractivity contribution in [1.29, 1.82) is 0 Å². The molecule has 0 radical (unpaired) electrons. The lowest BCUT2D eigenvalue weighted by Crippen LogP contribution is -2.47. The first-order valence-corrected chi connectivity index (χ1v) is 10.7. The van der Waals surface area contributed by atoms with Crippen molar-refractivity contribution in [3.8, 4) is 0 Å². The summed E-state index contributed by atoms with van der Waals surface area (Å²) in [5.74, 6) is -1.26. The Kier molecular flexibility index (Phi) is 6.54. The summed E-state index contributed by atoms with van der Waals surface area (Å²) in [5.41, 5.74) is 0.990. The maximum absolute atomic E-state index is 12.9. The van der Waals surface area contributed by atoms with E-state index in [0.717, 1.165) is 22.8 Å². The van der Waals surface area contributed by atoms with Gasteiger partial charge in [-0.3, -0.25) is 14.4 Å². The highest BCUT2D eigenvalue weighted by atomic mass is 16.5. The molecule has 1 N–H and O–H groups in total. The molecule has 2 unspecified atom stereocenters. The Morgan fingerprint density at radius 1 is 1.12 bits per heavy atom. The van der Waals surface area contributed by atoms with E-state index >= 15 is 0 Å². The zero-order valence-corrected chi connectivity index (χ0v) is 18.0. The number of hydrogen-bond donors (Lipinski definition) is 1. The fourth-order valence-electron chi connectivity index (χ4n) is 4.22. The summed E-state index contributed by atoms with van der Waals surface area (Å²) in [7, 11) is 1.35. The van der Waals surface area contributed by atoms with Crippen LogP contribution in [-0.2, 0) is 20.7 Å². The number of ether oxygens (including phenoxy) is 1. The Morgan fingerprint density at radius 2 is 1.94 bits per heavy atom. The lowest BCUT2D eigenvalue weighted by atomic mass is 9.97. The number of rotatable bonds is 7. The van der Waals surface area contributed by atoms with E-state index < -0.39 is 12.0 Å². The van der Waals surface area contributed by atoms with Gasteiger partial charge < -0.3 is 19.4 Å². The molecule has 1 aliphatic rings. The van der Waals surface area contributed by atoms with Gasteiger partial charge in [0.1, 0.15) is 6.04 Å². The summed E-state index contributed by atoms with van der Waals surface area (Å²) in [6.07, 6.45) is 3.19. The third-order valence-electron chi connectivity index (χ3n) is 5.90.